The number of furan rings is 1. The summed E-state index contributed by atoms with van der Waals surface area (Å²) in [6, 6.07) is 12.8. The van der Waals surface area contributed by atoms with E-state index in [1.165, 1.54) is 0 Å². The molecule has 0 fully saturated rings. The third kappa shape index (κ3) is 2.00. The lowest BCUT2D eigenvalue weighted by Crippen LogP contribution is -2.26. The van der Waals surface area contributed by atoms with Gasteiger partial charge in [0.25, 0.3) is 0 Å². The fraction of sp³-hybridized carbons (Fsp3) is 0.143. The first-order chi connectivity index (χ1) is 7.74. The average molecular weight is 212 g/mol. The predicted octanol–water partition coefficient (Wildman–Crippen LogP) is 2.34. The van der Waals surface area contributed by atoms with Crippen LogP contribution in [0.4, 0.5) is 0 Å². The predicted molar refractivity (Wildman–Crippen MR) is 61.6 cm³/mol. The minimum absolute atomic E-state index is 0.278. The van der Waals surface area contributed by atoms with E-state index in [0.717, 1.165) is 0 Å². The van der Waals surface area contributed by atoms with Crippen LogP contribution in [0.15, 0.2) is 53.1 Å². The van der Waals surface area contributed by atoms with E-state index in [1.807, 2.05) is 30.3 Å². The standard InChI is InChI=1S/C14H12O2/c1-2-14(15,11-13-9-6-10-16-13)12-7-4-3-5-8-12/h1,3-10,15H,11H2. The summed E-state index contributed by atoms with van der Waals surface area (Å²) in [5, 5.41) is 10.4. The van der Waals surface area contributed by atoms with E-state index in [2.05, 4.69) is 5.92 Å². The highest BCUT2D eigenvalue weighted by molar-refractivity contribution is 5.32. The summed E-state index contributed by atoms with van der Waals surface area (Å²) in [6.45, 7) is 0. The molecule has 0 aliphatic rings. The fourth-order valence-corrected chi connectivity index (χ4v) is 1.62. The molecule has 0 saturated carbocycles. The van der Waals surface area contributed by atoms with Gasteiger partial charge in [-0.2, -0.15) is 0 Å². The third-order valence-corrected chi connectivity index (χ3v) is 2.50. The van der Waals surface area contributed by atoms with Gasteiger partial charge in [0.2, 0.25) is 0 Å². The molecule has 0 aliphatic carbocycles. The van der Waals surface area contributed by atoms with Crippen molar-refractivity contribution in [2.24, 2.45) is 0 Å². The van der Waals surface area contributed by atoms with Gasteiger partial charge in [0.15, 0.2) is 5.60 Å². The Morgan fingerprint density at radius 2 is 1.94 bits per heavy atom. The van der Waals surface area contributed by atoms with Crippen molar-refractivity contribution < 1.29 is 9.52 Å². The SMILES string of the molecule is C#CC(O)(Cc1ccco1)c1ccccc1. The van der Waals surface area contributed by atoms with Crippen LogP contribution in [0.2, 0.25) is 0 Å². The summed E-state index contributed by atoms with van der Waals surface area (Å²) in [5.74, 6) is 3.10. The van der Waals surface area contributed by atoms with Crippen LogP contribution in [0.3, 0.4) is 0 Å². The summed E-state index contributed by atoms with van der Waals surface area (Å²) < 4.78 is 5.20. The number of hydrogen-bond donors (Lipinski definition) is 1. The topological polar surface area (TPSA) is 33.4 Å². The van der Waals surface area contributed by atoms with Gasteiger partial charge in [-0.1, -0.05) is 36.3 Å². The van der Waals surface area contributed by atoms with Crippen molar-refractivity contribution in [1.29, 1.82) is 0 Å². The first-order valence-corrected chi connectivity index (χ1v) is 5.03. The maximum absolute atomic E-state index is 10.4. The van der Waals surface area contributed by atoms with E-state index < -0.39 is 5.60 Å². The molecule has 1 unspecified atom stereocenters. The van der Waals surface area contributed by atoms with Crippen molar-refractivity contribution in [2.45, 2.75) is 12.0 Å². The van der Waals surface area contributed by atoms with Crippen molar-refractivity contribution in [3.05, 3.63) is 60.1 Å². The largest absolute Gasteiger partial charge is 0.469 e. The number of hydrogen-bond acceptors (Lipinski definition) is 2. The van der Waals surface area contributed by atoms with E-state index in [-0.39, 0.29) is 6.42 Å². The number of benzene rings is 1. The Hall–Kier alpha value is -1.98. The van der Waals surface area contributed by atoms with E-state index in [9.17, 15) is 5.11 Å². The summed E-state index contributed by atoms with van der Waals surface area (Å²) in [4.78, 5) is 0. The van der Waals surface area contributed by atoms with Crippen molar-refractivity contribution in [3.63, 3.8) is 0 Å². The molecule has 0 amide bonds. The molecule has 2 nitrogen and oxygen atoms in total. The Kier molecular flexibility index (Phi) is 2.80. The maximum atomic E-state index is 10.4. The van der Waals surface area contributed by atoms with Crippen LogP contribution in [0.1, 0.15) is 11.3 Å². The minimum atomic E-state index is -1.31. The Labute approximate surface area is 94.5 Å². The van der Waals surface area contributed by atoms with Gasteiger partial charge < -0.3 is 9.52 Å². The molecule has 0 radical (unpaired) electrons. The molecular formula is C14H12O2. The van der Waals surface area contributed by atoms with E-state index >= 15 is 0 Å². The molecule has 1 aromatic heterocycles. The van der Waals surface area contributed by atoms with Crippen LogP contribution in [0, 0.1) is 12.3 Å². The van der Waals surface area contributed by atoms with E-state index in [0.29, 0.717) is 11.3 Å². The maximum Gasteiger partial charge on any atom is 0.157 e. The number of aliphatic hydroxyl groups is 1. The molecule has 0 aliphatic heterocycles. The van der Waals surface area contributed by atoms with Gasteiger partial charge in [-0.05, 0) is 17.7 Å². The Morgan fingerprint density at radius 3 is 2.50 bits per heavy atom. The smallest absolute Gasteiger partial charge is 0.157 e. The van der Waals surface area contributed by atoms with Crippen LogP contribution in [-0.2, 0) is 12.0 Å². The molecule has 80 valence electrons. The van der Waals surface area contributed by atoms with Gasteiger partial charge in [-0.3, -0.25) is 0 Å². The van der Waals surface area contributed by atoms with Gasteiger partial charge in [-0.25, -0.2) is 0 Å². The second-order valence-corrected chi connectivity index (χ2v) is 3.63. The molecule has 0 spiro atoms. The van der Waals surface area contributed by atoms with Crippen LogP contribution >= 0.6 is 0 Å². The highest BCUT2D eigenvalue weighted by Crippen LogP contribution is 2.25. The molecule has 0 bridgehead atoms. The van der Waals surface area contributed by atoms with Crippen LogP contribution in [-0.4, -0.2) is 5.11 Å². The van der Waals surface area contributed by atoms with Gasteiger partial charge in [-0.15, -0.1) is 6.42 Å². The third-order valence-electron chi connectivity index (χ3n) is 2.50. The molecule has 2 rings (SSSR count). The van der Waals surface area contributed by atoms with Crippen molar-refractivity contribution in [1.82, 2.24) is 0 Å². The lowest BCUT2D eigenvalue weighted by atomic mass is 9.90. The zero-order valence-electron chi connectivity index (χ0n) is 8.76. The lowest BCUT2D eigenvalue weighted by Gasteiger charge is -2.21. The average Bonchev–Trinajstić information content (AvgIpc) is 2.83. The molecular weight excluding hydrogens is 200 g/mol. The molecule has 1 heterocycles. The highest BCUT2D eigenvalue weighted by Gasteiger charge is 2.27. The molecule has 2 heteroatoms. The van der Waals surface area contributed by atoms with Crippen molar-refractivity contribution >= 4 is 0 Å². The lowest BCUT2D eigenvalue weighted by molar-refractivity contribution is 0.0945. The van der Waals surface area contributed by atoms with E-state index in [1.54, 1.807) is 18.4 Å². The van der Waals surface area contributed by atoms with Gasteiger partial charge >= 0.3 is 0 Å². The second-order valence-electron chi connectivity index (χ2n) is 3.63. The quantitative estimate of drug-likeness (QED) is 0.792. The van der Waals surface area contributed by atoms with Crippen LogP contribution in [0.5, 0.6) is 0 Å². The molecule has 0 saturated heterocycles. The van der Waals surface area contributed by atoms with Crippen molar-refractivity contribution in [2.75, 3.05) is 0 Å². The summed E-state index contributed by atoms with van der Waals surface area (Å²) in [7, 11) is 0. The van der Waals surface area contributed by atoms with Gasteiger partial charge in [0.05, 0.1) is 12.7 Å². The molecule has 16 heavy (non-hydrogen) atoms. The van der Waals surface area contributed by atoms with Gasteiger partial charge in [0, 0.05) is 0 Å². The normalized spacial score (nSPS) is 14.0. The van der Waals surface area contributed by atoms with E-state index in [4.69, 9.17) is 10.8 Å². The van der Waals surface area contributed by atoms with Crippen LogP contribution < -0.4 is 0 Å². The highest BCUT2D eigenvalue weighted by atomic mass is 16.3. The zero-order chi connectivity index (χ0) is 11.4. The monoisotopic (exact) mass is 212 g/mol. The Morgan fingerprint density at radius 1 is 1.19 bits per heavy atom. The summed E-state index contributed by atoms with van der Waals surface area (Å²) in [6.07, 6.45) is 7.26. The molecule has 1 atom stereocenters. The first kappa shape index (κ1) is 10.5. The van der Waals surface area contributed by atoms with Crippen molar-refractivity contribution in [3.8, 4) is 12.3 Å². The fourth-order valence-electron chi connectivity index (χ4n) is 1.62. The minimum Gasteiger partial charge on any atom is -0.469 e. The molecule has 1 aromatic carbocycles. The molecule has 2 aromatic rings. The van der Waals surface area contributed by atoms with Crippen LogP contribution in [0.25, 0.3) is 0 Å². The second kappa shape index (κ2) is 4.26. The number of terminal acetylenes is 1. The Balaban J connectivity index is 2.31. The first-order valence-electron chi connectivity index (χ1n) is 5.03. The zero-order valence-corrected chi connectivity index (χ0v) is 8.76. The van der Waals surface area contributed by atoms with Gasteiger partial charge in [0.1, 0.15) is 5.76 Å². The summed E-state index contributed by atoms with van der Waals surface area (Å²) >= 11 is 0. The number of rotatable bonds is 3. The molecule has 1 N–H and O–H groups in total. The summed E-state index contributed by atoms with van der Waals surface area (Å²) in [5.41, 5.74) is -0.604. The Bertz CT molecular complexity index is 479.